The summed E-state index contributed by atoms with van der Waals surface area (Å²) in [6.45, 7) is 0.464. The van der Waals surface area contributed by atoms with E-state index in [-0.39, 0.29) is 17.0 Å². The van der Waals surface area contributed by atoms with Gasteiger partial charge in [-0.25, -0.2) is 9.67 Å². The molecule has 0 radical (unpaired) electrons. The number of hydrogen-bond donors (Lipinski definition) is 0. The highest BCUT2D eigenvalue weighted by molar-refractivity contribution is 6.50. The maximum Gasteiger partial charge on any atom is 0.283 e. The molecule has 0 aromatic carbocycles. The van der Waals surface area contributed by atoms with E-state index in [2.05, 4.69) is 15.3 Å². The standard InChI is InChI=1S/C9H9Cl2N5O/c1-15-7-6(13-14-15)8(17)16(4-12-7)3-5-2-9(5,10)11/h4-5H,2-3H2,1H3. The van der Waals surface area contributed by atoms with Gasteiger partial charge in [0.25, 0.3) is 5.56 Å². The summed E-state index contributed by atoms with van der Waals surface area (Å²) in [7, 11) is 1.69. The third kappa shape index (κ3) is 1.71. The van der Waals surface area contributed by atoms with Gasteiger partial charge in [0.1, 0.15) is 10.7 Å². The molecule has 6 nitrogen and oxygen atoms in total. The van der Waals surface area contributed by atoms with Crippen LogP contribution >= 0.6 is 23.2 Å². The van der Waals surface area contributed by atoms with Crippen molar-refractivity contribution in [1.82, 2.24) is 24.5 Å². The van der Waals surface area contributed by atoms with Crippen molar-refractivity contribution < 1.29 is 0 Å². The number of halogens is 2. The van der Waals surface area contributed by atoms with Crippen molar-refractivity contribution in [2.24, 2.45) is 13.0 Å². The van der Waals surface area contributed by atoms with Gasteiger partial charge in [-0.3, -0.25) is 9.36 Å². The molecule has 1 aliphatic carbocycles. The molecular weight excluding hydrogens is 265 g/mol. The van der Waals surface area contributed by atoms with Crippen LogP contribution in [0.5, 0.6) is 0 Å². The Kier molecular flexibility index (Phi) is 2.21. The normalized spacial score (nSPS) is 21.9. The summed E-state index contributed by atoms with van der Waals surface area (Å²) < 4.78 is 2.25. The van der Waals surface area contributed by atoms with Crippen LogP contribution in [0, 0.1) is 5.92 Å². The zero-order valence-electron chi connectivity index (χ0n) is 8.97. The highest BCUT2D eigenvalue weighted by atomic mass is 35.5. The van der Waals surface area contributed by atoms with E-state index in [1.807, 2.05) is 0 Å². The first-order valence-electron chi connectivity index (χ1n) is 5.12. The molecule has 1 atom stereocenters. The molecular formula is C9H9Cl2N5O. The van der Waals surface area contributed by atoms with Crippen LogP contribution in [-0.4, -0.2) is 28.9 Å². The number of rotatable bonds is 2. The van der Waals surface area contributed by atoms with Gasteiger partial charge in [-0.1, -0.05) is 5.21 Å². The van der Waals surface area contributed by atoms with E-state index in [9.17, 15) is 4.79 Å². The van der Waals surface area contributed by atoms with Gasteiger partial charge in [0, 0.05) is 19.5 Å². The fourth-order valence-electron chi connectivity index (χ4n) is 1.78. The van der Waals surface area contributed by atoms with Crippen LogP contribution in [0.3, 0.4) is 0 Å². The lowest BCUT2D eigenvalue weighted by molar-refractivity contribution is 0.596. The van der Waals surface area contributed by atoms with Crippen molar-refractivity contribution in [2.75, 3.05) is 0 Å². The summed E-state index contributed by atoms with van der Waals surface area (Å²) in [5, 5.41) is 7.55. The van der Waals surface area contributed by atoms with Gasteiger partial charge in [-0.15, -0.1) is 28.3 Å². The second-order valence-corrected chi connectivity index (χ2v) is 5.79. The minimum absolute atomic E-state index is 0.0967. The van der Waals surface area contributed by atoms with Crippen molar-refractivity contribution in [3.8, 4) is 0 Å². The molecule has 1 unspecified atom stereocenters. The first-order valence-corrected chi connectivity index (χ1v) is 5.87. The molecule has 0 saturated heterocycles. The molecule has 2 aromatic rings. The van der Waals surface area contributed by atoms with Crippen LogP contribution in [0.4, 0.5) is 0 Å². The van der Waals surface area contributed by atoms with Crippen LogP contribution in [0.25, 0.3) is 11.2 Å². The van der Waals surface area contributed by atoms with Crippen LogP contribution < -0.4 is 5.56 Å². The molecule has 3 rings (SSSR count). The Bertz CT molecular complexity index is 646. The Labute approximate surface area is 106 Å². The number of alkyl halides is 2. The van der Waals surface area contributed by atoms with Gasteiger partial charge >= 0.3 is 0 Å². The summed E-state index contributed by atoms with van der Waals surface area (Å²) in [6.07, 6.45) is 2.18. The second kappa shape index (κ2) is 3.43. The SMILES string of the molecule is Cn1nnc2c(=O)n(CC3CC3(Cl)Cl)cnc21. The third-order valence-corrected chi connectivity index (χ3v) is 3.88. The number of nitrogens with zero attached hydrogens (tertiary/aromatic N) is 5. The number of fused-ring (bicyclic) bond motifs is 1. The molecule has 90 valence electrons. The summed E-state index contributed by atoms with van der Waals surface area (Å²) in [5.74, 6) is 0.0967. The maximum absolute atomic E-state index is 12.0. The van der Waals surface area contributed by atoms with Crippen molar-refractivity contribution >= 4 is 34.4 Å². The van der Waals surface area contributed by atoms with Gasteiger partial charge in [-0.2, -0.15) is 0 Å². The first kappa shape index (κ1) is 11.0. The largest absolute Gasteiger partial charge is 0.297 e. The fourth-order valence-corrected chi connectivity index (χ4v) is 2.29. The zero-order chi connectivity index (χ0) is 12.2. The molecule has 0 spiro atoms. The molecule has 17 heavy (non-hydrogen) atoms. The van der Waals surface area contributed by atoms with E-state index < -0.39 is 4.33 Å². The Morgan fingerprint density at radius 2 is 2.29 bits per heavy atom. The molecule has 1 saturated carbocycles. The van der Waals surface area contributed by atoms with Crippen molar-refractivity contribution in [3.63, 3.8) is 0 Å². The predicted molar refractivity (Wildman–Crippen MR) is 63.1 cm³/mol. The summed E-state index contributed by atoms with van der Waals surface area (Å²) in [5.41, 5.74) is 0.537. The van der Waals surface area contributed by atoms with Crippen LogP contribution in [-0.2, 0) is 13.6 Å². The average Bonchev–Trinajstić information content (AvgIpc) is 2.69. The highest BCUT2D eigenvalue weighted by Gasteiger charge is 2.51. The van der Waals surface area contributed by atoms with Gasteiger partial charge in [0.15, 0.2) is 11.2 Å². The molecule has 0 aliphatic heterocycles. The number of aromatic nitrogens is 5. The summed E-state index contributed by atoms with van der Waals surface area (Å²) in [4.78, 5) is 16.2. The molecule has 0 N–H and O–H groups in total. The van der Waals surface area contributed by atoms with Crippen molar-refractivity contribution in [3.05, 3.63) is 16.7 Å². The molecule has 8 heteroatoms. The van der Waals surface area contributed by atoms with Crippen molar-refractivity contribution in [1.29, 1.82) is 0 Å². The fraction of sp³-hybridized carbons (Fsp3) is 0.556. The molecule has 1 aliphatic rings. The predicted octanol–water partition coefficient (Wildman–Crippen LogP) is 0.719. The van der Waals surface area contributed by atoms with E-state index in [4.69, 9.17) is 23.2 Å². The lowest BCUT2D eigenvalue weighted by Gasteiger charge is -2.04. The third-order valence-electron chi connectivity index (χ3n) is 2.95. The van der Waals surface area contributed by atoms with E-state index in [1.54, 1.807) is 7.05 Å². The zero-order valence-corrected chi connectivity index (χ0v) is 10.5. The summed E-state index contributed by atoms with van der Waals surface area (Å²) in [6, 6.07) is 0. The van der Waals surface area contributed by atoms with Crippen LogP contribution in [0.15, 0.2) is 11.1 Å². The lowest BCUT2D eigenvalue weighted by Crippen LogP contribution is -2.22. The van der Waals surface area contributed by atoms with E-state index in [0.717, 1.165) is 0 Å². The average molecular weight is 274 g/mol. The molecule has 2 heterocycles. The van der Waals surface area contributed by atoms with E-state index in [1.165, 1.54) is 15.6 Å². The molecule has 0 bridgehead atoms. The number of hydrogen-bond acceptors (Lipinski definition) is 4. The monoisotopic (exact) mass is 273 g/mol. The smallest absolute Gasteiger partial charge is 0.283 e. The lowest BCUT2D eigenvalue weighted by atomic mass is 10.4. The highest BCUT2D eigenvalue weighted by Crippen LogP contribution is 2.53. The van der Waals surface area contributed by atoms with Gasteiger partial charge in [-0.05, 0) is 6.42 Å². The minimum Gasteiger partial charge on any atom is -0.297 e. The van der Waals surface area contributed by atoms with Gasteiger partial charge in [0.2, 0.25) is 0 Å². The molecule has 1 fully saturated rings. The van der Waals surface area contributed by atoms with Crippen LogP contribution in [0.2, 0.25) is 0 Å². The molecule has 2 aromatic heterocycles. The van der Waals surface area contributed by atoms with Gasteiger partial charge in [0.05, 0.1) is 0 Å². The topological polar surface area (TPSA) is 65.6 Å². The van der Waals surface area contributed by atoms with E-state index in [0.29, 0.717) is 18.6 Å². The maximum atomic E-state index is 12.0. The van der Waals surface area contributed by atoms with E-state index >= 15 is 0 Å². The Morgan fingerprint density at radius 3 is 2.94 bits per heavy atom. The molecule has 0 amide bonds. The quantitative estimate of drug-likeness (QED) is 0.757. The number of aryl methyl sites for hydroxylation is 1. The van der Waals surface area contributed by atoms with Crippen molar-refractivity contribution in [2.45, 2.75) is 17.3 Å². The summed E-state index contributed by atoms with van der Waals surface area (Å²) >= 11 is 11.9. The Hall–Kier alpha value is -1.14. The Balaban J connectivity index is 2.01. The van der Waals surface area contributed by atoms with Gasteiger partial charge < -0.3 is 0 Å². The second-order valence-electron chi connectivity index (χ2n) is 4.25. The first-order chi connectivity index (χ1) is 7.99. The minimum atomic E-state index is -0.698. The Morgan fingerprint density at radius 1 is 1.59 bits per heavy atom. The van der Waals surface area contributed by atoms with Crippen LogP contribution in [0.1, 0.15) is 6.42 Å².